The van der Waals surface area contributed by atoms with Gasteiger partial charge in [-0.1, -0.05) is 35.9 Å². The first kappa shape index (κ1) is 15.2. The number of hydrogen-bond acceptors (Lipinski definition) is 3. The predicted molar refractivity (Wildman–Crippen MR) is 98.0 cm³/mol. The second-order valence-electron chi connectivity index (χ2n) is 5.77. The minimum Gasteiger partial charge on any atom is -0.312 e. The highest BCUT2D eigenvalue weighted by molar-refractivity contribution is 7.16. The smallest absolute Gasteiger partial charge is 0.256 e. The van der Waals surface area contributed by atoms with E-state index in [1.54, 1.807) is 6.07 Å². The van der Waals surface area contributed by atoms with Crippen LogP contribution in [0.1, 0.15) is 32.8 Å². The molecule has 118 valence electrons. The zero-order valence-electron chi connectivity index (χ0n) is 12.7. The molecule has 1 amide bonds. The molecule has 0 saturated heterocycles. The normalized spacial score (nSPS) is 12.8. The Kier molecular flexibility index (Phi) is 3.76. The zero-order valence-corrected chi connectivity index (χ0v) is 14.3. The van der Waals surface area contributed by atoms with Crippen LogP contribution >= 0.6 is 22.9 Å². The fourth-order valence-electron chi connectivity index (χ4n) is 3.25. The van der Waals surface area contributed by atoms with Gasteiger partial charge >= 0.3 is 0 Å². The number of nitrogens with one attached hydrogen (secondary N) is 1. The lowest BCUT2D eigenvalue weighted by molar-refractivity contribution is 0.102. The van der Waals surface area contributed by atoms with Crippen LogP contribution in [0, 0.1) is 11.3 Å². The first-order valence-corrected chi connectivity index (χ1v) is 8.91. The summed E-state index contributed by atoms with van der Waals surface area (Å²) in [5, 5.41) is 15.3. The van der Waals surface area contributed by atoms with Gasteiger partial charge in [-0.25, -0.2) is 0 Å². The van der Waals surface area contributed by atoms with Crippen molar-refractivity contribution in [1.29, 1.82) is 5.26 Å². The van der Waals surface area contributed by atoms with E-state index in [0.29, 0.717) is 21.2 Å². The molecule has 5 heteroatoms. The average molecular weight is 353 g/mol. The summed E-state index contributed by atoms with van der Waals surface area (Å²) in [6.07, 6.45) is 3.01. The van der Waals surface area contributed by atoms with Gasteiger partial charge in [0.1, 0.15) is 11.1 Å². The molecule has 0 fully saturated rings. The van der Waals surface area contributed by atoms with Crippen LogP contribution in [-0.2, 0) is 12.8 Å². The van der Waals surface area contributed by atoms with Crippen LogP contribution in [0.4, 0.5) is 5.00 Å². The number of rotatable bonds is 2. The Bertz CT molecular complexity index is 1020. The second kappa shape index (κ2) is 5.94. The number of nitrogens with zero attached hydrogens (tertiary/aromatic N) is 1. The van der Waals surface area contributed by atoms with Crippen molar-refractivity contribution in [2.45, 2.75) is 19.3 Å². The molecule has 1 aromatic heterocycles. The second-order valence-corrected chi connectivity index (χ2v) is 7.28. The van der Waals surface area contributed by atoms with Gasteiger partial charge in [-0.15, -0.1) is 11.3 Å². The van der Waals surface area contributed by atoms with Crippen molar-refractivity contribution >= 4 is 44.6 Å². The Morgan fingerprint density at radius 3 is 2.79 bits per heavy atom. The summed E-state index contributed by atoms with van der Waals surface area (Å²) in [4.78, 5) is 14.0. The van der Waals surface area contributed by atoms with E-state index in [1.165, 1.54) is 16.2 Å². The van der Waals surface area contributed by atoms with Gasteiger partial charge in [-0.05, 0) is 42.3 Å². The molecular weight excluding hydrogens is 340 g/mol. The van der Waals surface area contributed by atoms with E-state index >= 15 is 0 Å². The summed E-state index contributed by atoms with van der Waals surface area (Å²) in [5.74, 6) is -0.209. The maximum atomic E-state index is 12.8. The molecule has 1 heterocycles. The summed E-state index contributed by atoms with van der Waals surface area (Å²) in [6.45, 7) is 0. The third-order valence-electron chi connectivity index (χ3n) is 4.37. The monoisotopic (exact) mass is 352 g/mol. The highest BCUT2D eigenvalue weighted by Gasteiger charge is 2.23. The van der Waals surface area contributed by atoms with E-state index in [2.05, 4.69) is 11.4 Å². The quantitative estimate of drug-likeness (QED) is 0.691. The standard InChI is InChI=1S/C19H13ClN2OS/c20-16-8-2-4-11-12(16)5-1-7-14(11)18(23)22-19-15(10-21)13-6-3-9-17(13)24-19/h1-2,4-5,7-8H,3,6,9H2,(H,22,23). The number of carbonyl (C=O) groups is 1. The Morgan fingerprint density at radius 1 is 1.17 bits per heavy atom. The van der Waals surface area contributed by atoms with Crippen molar-refractivity contribution in [2.75, 3.05) is 5.32 Å². The summed E-state index contributed by atoms with van der Waals surface area (Å²) in [5.41, 5.74) is 2.30. The molecule has 0 spiro atoms. The van der Waals surface area contributed by atoms with Gasteiger partial charge in [0.25, 0.3) is 5.91 Å². The van der Waals surface area contributed by atoms with Crippen molar-refractivity contribution in [1.82, 2.24) is 0 Å². The van der Waals surface area contributed by atoms with Crippen LogP contribution in [-0.4, -0.2) is 5.91 Å². The van der Waals surface area contributed by atoms with Gasteiger partial charge in [0, 0.05) is 20.8 Å². The van der Waals surface area contributed by atoms with E-state index < -0.39 is 0 Å². The topological polar surface area (TPSA) is 52.9 Å². The Hall–Kier alpha value is -2.35. The molecule has 24 heavy (non-hydrogen) atoms. The number of fused-ring (bicyclic) bond motifs is 2. The molecule has 1 aliphatic carbocycles. The predicted octanol–water partition coefficient (Wildman–Crippen LogP) is 5.17. The SMILES string of the molecule is N#Cc1c(NC(=O)c2cccc3c(Cl)cccc23)sc2c1CCC2. The number of aryl methyl sites for hydroxylation is 1. The van der Waals surface area contributed by atoms with Crippen molar-refractivity contribution < 1.29 is 4.79 Å². The van der Waals surface area contributed by atoms with Gasteiger partial charge in [0.2, 0.25) is 0 Å². The molecule has 3 nitrogen and oxygen atoms in total. The van der Waals surface area contributed by atoms with Gasteiger partial charge in [-0.2, -0.15) is 5.26 Å². The van der Waals surface area contributed by atoms with E-state index in [0.717, 1.165) is 35.6 Å². The molecule has 1 N–H and O–H groups in total. The van der Waals surface area contributed by atoms with Crippen molar-refractivity contribution in [3.63, 3.8) is 0 Å². The van der Waals surface area contributed by atoms with Crippen LogP contribution in [0.3, 0.4) is 0 Å². The van der Waals surface area contributed by atoms with Gasteiger partial charge in [0.15, 0.2) is 0 Å². The zero-order chi connectivity index (χ0) is 16.7. The molecule has 0 aliphatic heterocycles. The third kappa shape index (κ3) is 2.37. The molecule has 3 aromatic rings. The number of hydrogen-bond donors (Lipinski definition) is 1. The number of amides is 1. The number of carbonyl (C=O) groups excluding carboxylic acids is 1. The summed E-state index contributed by atoms with van der Waals surface area (Å²) < 4.78 is 0. The number of nitriles is 1. The maximum absolute atomic E-state index is 12.8. The van der Waals surface area contributed by atoms with E-state index in [9.17, 15) is 10.1 Å². The minimum absolute atomic E-state index is 0.209. The molecule has 2 aromatic carbocycles. The summed E-state index contributed by atoms with van der Waals surface area (Å²) in [6, 6.07) is 13.3. The van der Waals surface area contributed by atoms with Crippen LogP contribution in [0.25, 0.3) is 10.8 Å². The molecule has 0 atom stereocenters. The van der Waals surface area contributed by atoms with E-state index in [-0.39, 0.29) is 5.91 Å². The van der Waals surface area contributed by atoms with Crippen LogP contribution in [0.2, 0.25) is 5.02 Å². The molecule has 0 bridgehead atoms. The lowest BCUT2D eigenvalue weighted by atomic mass is 10.0. The Balaban J connectivity index is 1.74. The van der Waals surface area contributed by atoms with E-state index in [1.807, 2.05) is 30.3 Å². The Labute approximate surface area is 148 Å². The lowest BCUT2D eigenvalue weighted by Crippen LogP contribution is -2.12. The number of thiophene rings is 1. The molecule has 1 aliphatic rings. The van der Waals surface area contributed by atoms with E-state index in [4.69, 9.17) is 11.6 Å². The van der Waals surface area contributed by atoms with Crippen LogP contribution in [0.5, 0.6) is 0 Å². The Morgan fingerprint density at radius 2 is 1.96 bits per heavy atom. The fourth-order valence-corrected chi connectivity index (χ4v) is 4.72. The molecular formula is C19H13ClN2OS. The largest absolute Gasteiger partial charge is 0.312 e. The number of halogens is 1. The first-order chi connectivity index (χ1) is 11.7. The molecule has 0 radical (unpaired) electrons. The third-order valence-corrected chi connectivity index (χ3v) is 5.91. The summed E-state index contributed by atoms with van der Waals surface area (Å²) >= 11 is 7.74. The van der Waals surface area contributed by atoms with Gasteiger partial charge < -0.3 is 5.32 Å². The number of benzene rings is 2. The van der Waals surface area contributed by atoms with Crippen molar-refractivity contribution in [2.24, 2.45) is 0 Å². The van der Waals surface area contributed by atoms with Crippen molar-refractivity contribution in [3.05, 3.63) is 63.0 Å². The molecule has 4 rings (SSSR count). The number of anilines is 1. The summed E-state index contributed by atoms with van der Waals surface area (Å²) in [7, 11) is 0. The fraction of sp³-hybridized carbons (Fsp3) is 0.158. The minimum atomic E-state index is -0.209. The maximum Gasteiger partial charge on any atom is 0.256 e. The van der Waals surface area contributed by atoms with Gasteiger partial charge in [-0.3, -0.25) is 4.79 Å². The van der Waals surface area contributed by atoms with Gasteiger partial charge in [0.05, 0.1) is 5.56 Å². The lowest BCUT2D eigenvalue weighted by Gasteiger charge is -2.08. The molecule has 0 saturated carbocycles. The molecule has 0 unspecified atom stereocenters. The van der Waals surface area contributed by atoms with Crippen LogP contribution < -0.4 is 5.32 Å². The average Bonchev–Trinajstić information content (AvgIpc) is 3.15. The highest BCUT2D eigenvalue weighted by Crippen LogP contribution is 2.39. The van der Waals surface area contributed by atoms with Crippen molar-refractivity contribution in [3.8, 4) is 6.07 Å². The first-order valence-electron chi connectivity index (χ1n) is 7.72. The van der Waals surface area contributed by atoms with Crippen LogP contribution in [0.15, 0.2) is 36.4 Å². The highest BCUT2D eigenvalue weighted by atomic mass is 35.5.